The molecule has 5 aromatic rings. The van der Waals surface area contributed by atoms with Gasteiger partial charge < -0.3 is 10.1 Å². The van der Waals surface area contributed by atoms with Gasteiger partial charge in [-0.15, -0.1) is 11.3 Å². The molecule has 3 aromatic carbocycles. The van der Waals surface area contributed by atoms with E-state index in [-0.39, 0.29) is 11.3 Å². The highest BCUT2D eigenvalue weighted by atomic mass is 32.1. The average Bonchev–Trinajstić information content (AvgIpc) is 3.19. The molecule has 5 rings (SSSR count). The molecular weight excluding hydrogens is 390 g/mol. The largest absolute Gasteiger partial charge is 0.506 e. The monoisotopic (exact) mass is 409 g/mol. The molecule has 30 heavy (non-hydrogen) atoms. The summed E-state index contributed by atoms with van der Waals surface area (Å²) < 4.78 is 0. The van der Waals surface area contributed by atoms with Crippen molar-refractivity contribution in [3.05, 3.63) is 100 Å². The van der Waals surface area contributed by atoms with E-state index in [1.807, 2.05) is 35.7 Å². The van der Waals surface area contributed by atoms with Gasteiger partial charge in [0.25, 0.3) is 5.56 Å². The fourth-order valence-corrected chi connectivity index (χ4v) is 4.80. The van der Waals surface area contributed by atoms with Crippen LogP contribution >= 0.6 is 11.3 Å². The van der Waals surface area contributed by atoms with Crippen LogP contribution in [0.1, 0.15) is 5.56 Å². The van der Waals surface area contributed by atoms with E-state index in [1.165, 1.54) is 22.5 Å². The lowest BCUT2D eigenvalue weighted by molar-refractivity contribution is 0.483. The van der Waals surface area contributed by atoms with Crippen molar-refractivity contribution in [3.63, 3.8) is 0 Å². The van der Waals surface area contributed by atoms with Crippen molar-refractivity contribution < 1.29 is 5.11 Å². The molecule has 0 radical (unpaired) electrons. The second-order valence-electron chi connectivity index (χ2n) is 7.34. The predicted molar refractivity (Wildman–Crippen MR) is 125 cm³/mol. The third kappa shape index (κ3) is 3.11. The molecule has 0 aliphatic rings. The van der Waals surface area contributed by atoms with E-state index in [4.69, 9.17) is 0 Å². The minimum Gasteiger partial charge on any atom is -0.506 e. The minimum atomic E-state index is -0.283. The molecule has 0 fully saturated rings. The molecule has 146 valence electrons. The number of aryl methyl sites for hydroxylation is 1. The lowest BCUT2D eigenvalue weighted by Crippen LogP contribution is -2.08. The molecule has 3 nitrogen and oxygen atoms in total. The number of nitrogens with one attached hydrogen (secondary N) is 1. The summed E-state index contributed by atoms with van der Waals surface area (Å²) in [7, 11) is 0. The number of fused-ring (bicyclic) bond motifs is 1. The molecule has 0 unspecified atom stereocenters. The van der Waals surface area contributed by atoms with Crippen molar-refractivity contribution in [2.75, 3.05) is 0 Å². The Labute approximate surface area is 177 Å². The Kier molecular flexibility index (Phi) is 4.49. The van der Waals surface area contributed by atoms with Gasteiger partial charge in [0.05, 0.1) is 10.9 Å². The summed E-state index contributed by atoms with van der Waals surface area (Å²) >= 11 is 1.43. The van der Waals surface area contributed by atoms with Crippen LogP contribution in [0.2, 0.25) is 0 Å². The predicted octanol–water partition coefficient (Wildman–Crippen LogP) is 6.60. The fraction of sp³-hybridized carbons (Fsp3) is 0.0385. The Hall–Kier alpha value is -3.63. The van der Waals surface area contributed by atoms with E-state index in [9.17, 15) is 9.90 Å². The summed E-state index contributed by atoms with van der Waals surface area (Å²) in [6.45, 7) is 2.09. The first-order valence-electron chi connectivity index (χ1n) is 9.71. The number of H-pyrrole nitrogens is 1. The van der Waals surface area contributed by atoms with Crippen LogP contribution in [0.3, 0.4) is 0 Å². The zero-order valence-corrected chi connectivity index (χ0v) is 17.2. The molecule has 2 N–H and O–H groups in total. The number of thiophene rings is 1. The number of aromatic nitrogens is 1. The lowest BCUT2D eigenvalue weighted by atomic mass is 9.98. The average molecular weight is 410 g/mol. The second kappa shape index (κ2) is 7.32. The van der Waals surface area contributed by atoms with Gasteiger partial charge in [0.1, 0.15) is 10.6 Å². The number of benzene rings is 3. The van der Waals surface area contributed by atoms with Crippen molar-refractivity contribution in [2.45, 2.75) is 6.92 Å². The van der Waals surface area contributed by atoms with E-state index in [0.29, 0.717) is 21.3 Å². The summed E-state index contributed by atoms with van der Waals surface area (Å²) in [5.41, 5.74) is 6.18. The van der Waals surface area contributed by atoms with Gasteiger partial charge in [0, 0.05) is 10.9 Å². The Bertz CT molecular complexity index is 1410. The molecular formula is C26H19NO2S. The highest BCUT2D eigenvalue weighted by Crippen LogP contribution is 2.41. The maximum Gasteiger partial charge on any atom is 0.260 e. The molecule has 2 heterocycles. The van der Waals surface area contributed by atoms with Crippen molar-refractivity contribution >= 4 is 21.6 Å². The van der Waals surface area contributed by atoms with Crippen LogP contribution in [0.15, 0.2) is 89.0 Å². The van der Waals surface area contributed by atoms with Crippen LogP contribution in [-0.2, 0) is 0 Å². The zero-order chi connectivity index (χ0) is 20.7. The number of rotatable bonds is 3. The summed E-state index contributed by atoms with van der Waals surface area (Å²) in [4.78, 5) is 16.2. The zero-order valence-electron chi connectivity index (χ0n) is 16.3. The summed E-state index contributed by atoms with van der Waals surface area (Å²) in [6, 6.07) is 26.0. The van der Waals surface area contributed by atoms with Crippen LogP contribution in [0.25, 0.3) is 43.6 Å². The van der Waals surface area contributed by atoms with Gasteiger partial charge in [0.2, 0.25) is 0 Å². The highest BCUT2D eigenvalue weighted by Gasteiger charge is 2.18. The molecule has 4 heteroatoms. The van der Waals surface area contributed by atoms with Crippen molar-refractivity contribution in [1.82, 2.24) is 4.98 Å². The number of hydrogen-bond donors (Lipinski definition) is 2. The molecule has 0 amide bonds. The summed E-state index contributed by atoms with van der Waals surface area (Å²) in [5, 5.41) is 13.7. The van der Waals surface area contributed by atoms with Gasteiger partial charge >= 0.3 is 0 Å². The normalized spacial score (nSPS) is 11.1. The van der Waals surface area contributed by atoms with Crippen molar-refractivity contribution in [3.8, 4) is 39.1 Å². The molecule has 0 atom stereocenters. The van der Waals surface area contributed by atoms with Gasteiger partial charge in [0.15, 0.2) is 0 Å². The third-order valence-electron chi connectivity index (χ3n) is 5.33. The molecule has 0 saturated carbocycles. The molecule has 0 bridgehead atoms. The van der Waals surface area contributed by atoms with Gasteiger partial charge in [-0.25, -0.2) is 0 Å². The number of aromatic amines is 1. The van der Waals surface area contributed by atoms with E-state index < -0.39 is 0 Å². The first-order chi connectivity index (χ1) is 14.6. The van der Waals surface area contributed by atoms with Gasteiger partial charge in [-0.1, -0.05) is 84.4 Å². The summed E-state index contributed by atoms with van der Waals surface area (Å²) in [5.74, 6) is 0.0268. The van der Waals surface area contributed by atoms with E-state index in [2.05, 4.69) is 60.4 Å². The fourth-order valence-electron chi connectivity index (χ4n) is 3.84. The topological polar surface area (TPSA) is 53.1 Å². The lowest BCUT2D eigenvalue weighted by Gasteiger charge is -2.08. The van der Waals surface area contributed by atoms with Crippen LogP contribution in [0.5, 0.6) is 5.75 Å². The minimum absolute atomic E-state index is 0.0268. The SMILES string of the molecule is Cc1cccc(-c2ccc(-c3csc4[nH]c(=O)c(-c5ccccc5)c(O)c34)cc2)c1. The van der Waals surface area contributed by atoms with E-state index in [0.717, 1.165) is 16.7 Å². The summed E-state index contributed by atoms with van der Waals surface area (Å²) in [6.07, 6.45) is 0. The Morgan fingerprint density at radius 3 is 2.23 bits per heavy atom. The Morgan fingerprint density at radius 2 is 1.50 bits per heavy atom. The second-order valence-corrected chi connectivity index (χ2v) is 8.22. The van der Waals surface area contributed by atoms with Crippen molar-refractivity contribution in [1.29, 1.82) is 0 Å². The molecule has 2 aromatic heterocycles. The van der Waals surface area contributed by atoms with Crippen LogP contribution < -0.4 is 5.56 Å². The number of hydrogen-bond acceptors (Lipinski definition) is 3. The standard InChI is InChI=1S/C26H19NO2S/c1-16-6-5-9-20(14-16)17-10-12-18(13-11-17)21-15-30-26-23(21)24(28)22(25(29)27-26)19-7-3-2-4-8-19/h2-15H,1H3,(H2,27,28,29). The van der Waals surface area contributed by atoms with E-state index >= 15 is 0 Å². The van der Waals surface area contributed by atoms with Gasteiger partial charge in [-0.2, -0.15) is 0 Å². The van der Waals surface area contributed by atoms with Gasteiger partial charge in [-0.3, -0.25) is 4.79 Å². The smallest absolute Gasteiger partial charge is 0.260 e. The number of aromatic hydroxyl groups is 1. The third-order valence-corrected chi connectivity index (χ3v) is 6.22. The quantitative estimate of drug-likeness (QED) is 0.352. The van der Waals surface area contributed by atoms with Crippen LogP contribution in [-0.4, -0.2) is 10.1 Å². The Morgan fingerprint density at radius 1 is 0.800 bits per heavy atom. The van der Waals surface area contributed by atoms with Crippen molar-refractivity contribution in [2.24, 2.45) is 0 Å². The van der Waals surface area contributed by atoms with Gasteiger partial charge in [-0.05, 0) is 29.2 Å². The molecule has 0 spiro atoms. The van der Waals surface area contributed by atoms with Crippen LogP contribution in [0.4, 0.5) is 0 Å². The molecule has 0 aliphatic heterocycles. The first-order valence-corrected chi connectivity index (χ1v) is 10.6. The molecule has 0 aliphatic carbocycles. The Balaban J connectivity index is 1.64. The first kappa shape index (κ1) is 18.4. The maximum atomic E-state index is 12.6. The molecule has 0 saturated heterocycles. The number of pyridine rings is 1. The van der Waals surface area contributed by atoms with Crippen LogP contribution in [0, 0.1) is 6.92 Å². The highest BCUT2D eigenvalue weighted by molar-refractivity contribution is 7.17. The maximum absolute atomic E-state index is 12.6. The van der Waals surface area contributed by atoms with E-state index in [1.54, 1.807) is 0 Å².